The third kappa shape index (κ3) is 3.49. The molecule has 2 rings (SSSR count). The van der Waals surface area contributed by atoms with Crippen molar-refractivity contribution in [3.63, 3.8) is 0 Å². The van der Waals surface area contributed by atoms with E-state index >= 15 is 0 Å². The van der Waals surface area contributed by atoms with Crippen LogP contribution in [0.3, 0.4) is 0 Å². The van der Waals surface area contributed by atoms with Gasteiger partial charge in [0, 0.05) is 0 Å². The average molecular weight is 277 g/mol. The highest BCUT2D eigenvalue weighted by atomic mass is 35.5. The van der Waals surface area contributed by atoms with Crippen molar-refractivity contribution in [3.05, 3.63) is 58.6 Å². The molecular weight excluding hydrogens is 260 g/mol. The highest BCUT2D eigenvalue weighted by Gasteiger charge is 2.08. The number of benzene rings is 2. The zero-order chi connectivity index (χ0) is 13.8. The maximum absolute atomic E-state index is 9.53. The van der Waals surface area contributed by atoms with E-state index in [2.05, 4.69) is 13.0 Å². The molecule has 0 saturated carbocycles. The van der Waals surface area contributed by atoms with Crippen LogP contribution < -0.4 is 4.74 Å². The van der Waals surface area contributed by atoms with Crippen LogP contribution in [0.4, 0.5) is 0 Å². The highest BCUT2D eigenvalue weighted by Crippen LogP contribution is 2.30. The summed E-state index contributed by atoms with van der Waals surface area (Å²) in [6.07, 6.45) is 0.392. The second-order valence-electron chi connectivity index (χ2n) is 4.46. The predicted molar refractivity (Wildman–Crippen MR) is 78.0 cm³/mol. The molecule has 1 N–H and O–H groups in total. The van der Waals surface area contributed by atoms with Crippen LogP contribution in [0.5, 0.6) is 11.5 Å². The normalized spacial score (nSPS) is 12.2. The lowest BCUT2D eigenvalue weighted by atomic mass is 10.1. The van der Waals surface area contributed by atoms with Gasteiger partial charge in [-0.15, -0.1) is 0 Å². The molecule has 0 aliphatic carbocycles. The second-order valence-corrected chi connectivity index (χ2v) is 4.87. The number of hydrogen-bond acceptors (Lipinski definition) is 2. The number of hydrogen-bond donors (Lipinski definition) is 1. The third-order valence-corrected chi connectivity index (χ3v) is 3.29. The monoisotopic (exact) mass is 276 g/mol. The first kappa shape index (κ1) is 13.9. The van der Waals surface area contributed by atoms with Gasteiger partial charge in [0.2, 0.25) is 0 Å². The summed E-state index contributed by atoms with van der Waals surface area (Å²) >= 11 is 6.11. The highest BCUT2D eigenvalue weighted by molar-refractivity contribution is 6.31. The van der Waals surface area contributed by atoms with E-state index < -0.39 is 6.10 Å². The van der Waals surface area contributed by atoms with Crippen LogP contribution in [0.1, 0.15) is 31.1 Å². The number of aryl methyl sites for hydroxylation is 1. The Balaban J connectivity index is 2.21. The van der Waals surface area contributed by atoms with Crippen molar-refractivity contribution in [2.75, 3.05) is 0 Å². The molecule has 0 bridgehead atoms. The Bertz CT molecular complexity index is 564. The topological polar surface area (TPSA) is 29.5 Å². The van der Waals surface area contributed by atoms with Crippen molar-refractivity contribution in [1.29, 1.82) is 0 Å². The Morgan fingerprint density at radius 2 is 1.89 bits per heavy atom. The van der Waals surface area contributed by atoms with Crippen LogP contribution in [0.25, 0.3) is 0 Å². The molecule has 1 atom stereocenters. The molecular formula is C16H17ClO2. The maximum Gasteiger partial charge on any atom is 0.128 e. The zero-order valence-electron chi connectivity index (χ0n) is 11.1. The smallest absolute Gasteiger partial charge is 0.128 e. The van der Waals surface area contributed by atoms with Gasteiger partial charge in [-0.2, -0.15) is 0 Å². The fourth-order valence-electron chi connectivity index (χ4n) is 1.88. The van der Waals surface area contributed by atoms with Gasteiger partial charge in [0.1, 0.15) is 11.5 Å². The molecule has 1 unspecified atom stereocenters. The molecule has 0 spiro atoms. The van der Waals surface area contributed by atoms with Gasteiger partial charge in [0.05, 0.1) is 11.1 Å². The summed E-state index contributed by atoms with van der Waals surface area (Å²) < 4.78 is 5.77. The largest absolute Gasteiger partial charge is 0.457 e. The number of rotatable bonds is 4. The van der Waals surface area contributed by atoms with Gasteiger partial charge in [0.15, 0.2) is 0 Å². The Morgan fingerprint density at radius 3 is 2.53 bits per heavy atom. The summed E-state index contributed by atoms with van der Waals surface area (Å²) in [6, 6.07) is 13.3. The quantitative estimate of drug-likeness (QED) is 0.873. The van der Waals surface area contributed by atoms with E-state index in [0.717, 1.165) is 12.2 Å². The number of aliphatic hydroxyl groups excluding tert-OH is 1. The molecule has 2 aromatic rings. The first-order valence-corrected chi connectivity index (χ1v) is 6.72. The van der Waals surface area contributed by atoms with Crippen LogP contribution in [0, 0.1) is 0 Å². The molecule has 19 heavy (non-hydrogen) atoms. The van der Waals surface area contributed by atoms with Gasteiger partial charge in [-0.25, -0.2) is 0 Å². The molecule has 3 heteroatoms. The number of aliphatic hydroxyl groups is 1. The summed E-state index contributed by atoms with van der Waals surface area (Å²) in [5.41, 5.74) is 1.93. The molecule has 0 fully saturated rings. The summed E-state index contributed by atoms with van der Waals surface area (Å²) in [7, 11) is 0. The fraction of sp³-hybridized carbons (Fsp3) is 0.250. The minimum absolute atomic E-state index is 0.513. The Morgan fingerprint density at radius 1 is 1.16 bits per heavy atom. The molecule has 0 aromatic heterocycles. The van der Waals surface area contributed by atoms with Gasteiger partial charge in [0.25, 0.3) is 0 Å². The number of halogens is 1. The molecule has 0 aliphatic heterocycles. The lowest BCUT2D eigenvalue weighted by molar-refractivity contribution is 0.199. The lowest BCUT2D eigenvalue weighted by Gasteiger charge is -2.11. The van der Waals surface area contributed by atoms with Crippen molar-refractivity contribution in [2.45, 2.75) is 26.4 Å². The fourth-order valence-corrected chi connectivity index (χ4v) is 2.20. The summed E-state index contributed by atoms with van der Waals surface area (Å²) in [6.45, 7) is 3.79. The maximum atomic E-state index is 9.53. The molecule has 0 amide bonds. The summed E-state index contributed by atoms with van der Waals surface area (Å²) in [4.78, 5) is 0. The number of ether oxygens (including phenoxy) is 1. The van der Waals surface area contributed by atoms with E-state index in [1.165, 1.54) is 5.56 Å². The summed E-state index contributed by atoms with van der Waals surface area (Å²) in [5.74, 6) is 1.46. The predicted octanol–water partition coefficient (Wildman–Crippen LogP) is 4.75. The standard InChI is InChI=1S/C16H17ClO2/c1-3-12-5-4-6-13(9-12)19-14-7-8-15(11(2)18)16(17)10-14/h4-11,18H,3H2,1-2H3. The van der Waals surface area contributed by atoms with Crippen LogP contribution in [-0.2, 0) is 6.42 Å². The van der Waals surface area contributed by atoms with Gasteiger partial charge < -0.3 is 9.84 Å². The van der Waals surface area contributed by atoms with E-state index in [4.69, 9.17) is 16.3 Å². The van der Waals surface area contributed by atoms with Crippen LogP contribution in [0.2, 0.25) is 5.02 Å². The molecule has 0 heterocycles. The van der Waals surface area contributed by atoms with E-state index in [-0.39, 0.29) is 0 Å². The Labute approximate surface area is 118 Å². The lowest BCUT2D eigenvalue weighted by Crippen LogP contribution is -1.93. The SMILES string of the molecule is CCc1cccc(Oc2ccc(C(C)O)c(Cl)c2)c1. The van der Waals surface area contributed by atoms with Gasteiger partial charge in [-0.05, 0) is 48.7 Å². The molecule has 2 aromatic carbocycles. The van der Waals surface area contributed by atoms with Gasteiger partial charge in [-0.1, -0.05) is 36.7 Å². The minimum atomic E-state index is -0.579. The minimum Gasteiger partial charge on any atom is -0.457 e. The van der Waals surface area contributed by atoms with E-state index in [0.29, 0.717) is 16.3 Å². The van der Waals surface area contributed by atoms with Crippen molar-refractivity contribution in [2.24, 2.45) is 0 Å². The van der Waals surface area contributed by atoms with Crippen LogP contribution in [-0.4, -0.2) is 5.11 Å². The first-order valence-electron chi connectivity index (χ1n) is 6.34. The van der Waals surface area contributed by atoms with Crippen molar-refractivity contribution < 1.29 is 9.84 Å². The zero-order valence-corrected chi connectivity index (χ0v) is 11.8. The molecule has 2 nitrogen and oxygen atoms in total. The van der Waals surface area contributed by atoms with E-state index in [9.17, 15) is 5.11 Å². The molecule has 0 saturated heterocycles. The second kappa shape index (κ2) is 6.09. The van der Waals surface area contributed by atoms with E-state index in [1.807, 2.05) is 24.3 Å². The van der Waals surface area contributed by atoms with Crippen molar-refractivity contribution in [1.82, 2.24) is 0 Å². The van der Waals surface area contributed by atoms with Crippen molar-refractivity contribution >= 4 is 11.6 Å². The van der Waals surface area contributed by atoms with Crippen molar-refractivity contribution in [3.8, 4) is 11.5 Å². The van der Waals surface area contributed by atoms with Gasteiger partial charge in [-0.3, -0.25) is 0 Å². The summed E-state index contributed by atoms with van der Waals surface area (Å²) in [5, 5.41) is 10.0. The van der Waals surface area contributed by atoms with Crippen LogP contribution >= 0.6 is 11.6 Å². The van der Waals surface area contributed by atoms with Gasteiger partial charge >= 0.3 is 0 Å². The molecule has 0 aliphatic rings. The first-order chi connectivity index (χ1) is 9.10. The Hall–Kier alpha value is -1.51. The van der Waals surface area contributed by atoms with E-state index in [1.54, 1.807) is 19.1 Å². The molecule has 100 valence electrons. The Kier molecular flexibility index (Phi) is 4.46. The average Bonchev–Trinajstić information content (AvgIpc) is 2.38. The van der Waals surface area contributed by atoms with Crippen LogP contribution in [0.15, 0.2) is 42.5 Å². The third-order valence-electron chi connectivity index (χ3n) is 2.96. The molecule has 0 radical (unpaired) electrons.